The molecule has 0 unspecified atom stereocenters. The minimum absolute atomic E-state index is 0.107. The van der Waals surface area contributed by atoms with Crippen LogP contribution in [0.25, 0.3) is 0 Å². The summed E-state index contributed by atoms with van der Waals surface area (Å²) in [5, 5.41) is 1.89. The van der Waals surface area contributed by atoms with Crippen molar-refractivity contribution in [2.45, 2.75) is 58.0 Å². The molecular formula is C14H25NO2S2. The van der Waals surface area contributed by atoms with Crippen LogP contribution < -0.4 is 0 Å². The van der Waals surface area contributed by atoms with E-state index < -0.39 is 0 Å². The summed E-state index contributed by atoms with van der Waals surface area (Å²) in [5.41, 5.74) is -0.214. The van der Waals surface area contributed by atoms with Crippen LogP contribution in [0, 0.1) is 0 Å². The first-order valence-corrected chi connectivity index (χ1v) is 9.00. The molecule has 19 heavy (non-hydrogen) atoms. The van der Waals surface area contributed by atoms with Crippen molar-refractivity contribution in [2.75, 3.05) is 12.5 Å². The van der Waals surface area contributed by atoms with E-state index in [1.807, 2.05) is 17.6 Å². The van der Waals surface area contributed by atoms with Crippen molar-refractivity contribution < 1.29 is 9.63 Å². The fourth-order valence-corrected chi connectivity index (χ4v) is 3.73. The topological polar surface area (TPSA) is 29.5 Å². The highest BCUT2D eigenvalue weighted by Gasteiger charge is 2.44. The molecule has 3 nitrogen and oxygen atoms in total. The number of piperidine rings is 1. The SMILES string of the molecule is CSC(=CC(=O)ON1C(C)(C)CCCC1(C)C)SC. The van der Waals surface area contributed by atoms with Gasteiger partial charge in [-0.15, -0.1) is 28.6 Å². The summed E-state index contributed by atoms with van der Waals surface area (Å²) in [4.78, 5) is 17.7. The molecular weight excluding hydrogens is 278 g/mol. The van der Waals surface area contributed by atoms with Crippen molar-refractivity contribution in [3.05, 3.63) is 10.3 Å². The smallest absolute Gasteiger partial charge is 0.351 e. The fraction of sp³-hybridized carbons (Fsp3) is 0.786. The standard InChI is InChI=1S/C14H25NO2S2/c1-13(2)8-7-9-14(3,4)15(13)17-11(16)10-12(18-5)19-6/h10H,7-9H2,1-6H3. The van der Waals surface area contributed by atoms with E-state index in [1.54, 1.807) is 29.6 Å². The highest BCUT2D eigenvalue weighted by molar-refractivity contribution is 8.21. The van der Waals surface area contributed by atoms with E-state index in [1.165, 1.54) is 6.42 Å². The van der Waals surface area contributed by atoms with Crippen LogP contribution in [-0.2, 0) is 9.63 Å². The number of hydroxylamine groups is 2. The van der Waals surface area contributed by atoms with Crippen molar-refractivity contribution in [2.24, 2.45) is 0 Å². The molecule has 1 aliphatic rings. The maximum atomic E-state index is 12.0. The zero-order chi connectivity index (χ0) is 14.7. The minimum atomic E-state index is -0.276. The fourth-order valence-electron chi connectivity index (χ4n) is 2.64. The maximum absolute atomic E-state index is 12.0. The van der Waals surface area contributed by atoms with Crippen LogP contribution in [0.2, 0.25) is 0 Å². The first-order valence-electron chi connectivity index (χ1n) is 6.55. The molecule has 1 aliphatic heterocycles. The molecule has 0 radical (unpaired) electrons. The van der Waals surface area contributed by atoms with Gasteiger partial charge in [-0.1, -0.05) is 0 Å². The lowest BCUT2D eigenvalue weighted by Gasteiger charge is -2.50. The summed E-state index contributed by atoms with van der Waals surface area (Å²) in [7, 11) is 0. The Morgan fingerprint density at radius 3 is 2.00 bits per heavy atom. The molecule has 0 saturated carbocycles. The van der Waals surface area contributed by atoms with E-state index >= 15 is 0 Å². The van der Waals surface area contributed by atoms with Gasteiger partial charge in [0.05, 0.1) is 11.1 Å². The molecule has 0 aliphatic carbocycles. The second-order valence-electron chi connectivity index (χ2n) is 6.05. The molecule has 0 aromatic heterocycles. The quantitative estimate of drug-likeness (QED) is 0.731. The van der Waals surface area contributed by atoms with E-state index in [0.717, 1.165) is 17.1 Å². The van der Waals surface area contributed by atoms with Crippen LogP contribution in [-0.4, -0.2) is 34.6 Å². The monoisotopic (exact) mass is 303 g/mol. The van der Waals surface area contributed by atoms with Crippen LogP contribution in [0.15, 0.2) is 10.3 Å². The van der Waals surface area contributed by atoms with Gasteiger partial charge in [0.1, 0.15) is 0 Å². The number of hydrogen-bond donors (Lipinski definition) is 0. The molecule has 1 saturated heterocycles. The van der Waals surface area contributed by atoms with Gasteiger partial charge in [0.25, 0.3) is 0 Å². The molecule has 0 N–H and O–H groups in total. The normalized spacial score (nSPS) is 21.8. The lowest BCUT2D eigenvalue weighted by molar-refractivity contribution is -0.261. The largest absolute Gasteiger partial charge is 0.363 e. The van der Waals surface area contributed by atoms with Crippen LogP contribution >= 0.6 is 23.5 Å². The Balaban J connectivity index is 2.83. The Morgan fingerprint density at radius 1 is 1.11 bits per heavy atom. The molecule has 1 heterocycles. The third kappa shape index (κ3) is 4.43. The van der Waals surface area contributed by atoms with E-state index in [2.05, 4.69) is 27.7 Å². The summed E-state index contributed by atoms with van der Waals surface area (Å²) >= 11 is 3.13. The average molecular weight is 303 g/mol. The number of thioether (sulfide) groups is 2. The molecule has 0 spiro atoms. The van der Waals surface area contributed by atoms with Gasteiger partial charge in [-0.05, 0) is 59.5 Å². The maximum Gasteiger partial charge on any atom is 0.351 e. The average Bonchev–Trinajstić information content (AvgIpc) is 2.30. The van der Waals surface area contributed by atoms with E-state index in [-0.39, 0.29) is 17.0 Å². The van der Waals surface area contributed by atoms with Gasteiger partial charge in [0.2, 0.25) is 0 Å². The Hall–Kier alpha value is -0.130. The second-order valence-corrected chi connectivity index (χ2v) is 8.01. The summed E-state index contributed by atoms with van der Waals surface area (Å²) < 4.78 is 0.970. The van der Waals surface area contributed by atoms with Crippen LogP contribution in [0.5, 0.6) is 0 Å². The third-order valence-electron chi connectivity index (χ3n) is 3.50. The van der Waals surface area contributed by atoms with Crippen molar-refractivity contribution in [1.82, 2.24) is 5.06 Å². The number of hydrogen-bond acceptors (Lipinski definition) is 5. The number of carbonyl (C=O) groups is 1. The Morgan fingerprint density at radius 2 is 1.58 bits per heavy atom. The van der Waals surface area contributed by atoms with Gasteiger partial charge in [0.15, 0.2) is 0 Å². The Bertz CT molecular complexity index is 342. The summed E-state index contributed by atoms with van der Waals surface area (Å²) in [6.07, 6.45) is 8.77. The molecule has 0 bridgehead atoms. The molecule has 0 aromatic carbocycles. The molecule has 0 amide bonds. The summed E-state index contributed by atoms with van der Waals surface area (Å²) in [5.74, 6) is -0.276. The lowest BCUT2D eigenvalue weighted by atomic mass is 9.82. The Labute approximate surface area is 125 Å². The zero-order valence-electron chi connectivity index (χ0n) is 12.8. The first-order chi connectivity index (χ1) is 8.73. The van der Waals surface area contributed by atoms with E-state index in [9.17, 15) is 4.79 Å². The van der Waals surface area contributed by atoms with Crippen LogP contribution in [0.4, 0.5) is 0 Å². The predicted molar refractivity (Wildman–Crippen MR) is 85.1 cm³/mol. The minimum Gasteiger partial charge on any atom is -0.363 e. The predicted octanol–water partition coefficient (Wildman–Crippen LogP) is 4.06. The Kier molecular flexibility index (Phi) is 5.83. The van der Waals surface area contributed by atoms with E-state index in [0.29, 0.717) is 0 Å². The lowest BCUT2D eigenvalue weighted by Crippen LogP contribution is -2.58. The molecule has 5 heteroatoms. The highest BCUT2D eigenvalue weighted by atomic mass is 32.2. The number of carbonyl (C=O) groups excluding carboxylic acids is 1. The molecule has 0 aromatic rings. The molecule has 110 valence electrons. The van der Waals surface area contributed by atoms with Crippen molar-refractivity contribution in [3.8, 4) is 0 Å². The zero-order valence-corrected chi connectivity index (χ0v) is 14.4. The summed E-state index contributed by atoms with van der Waals surface area (Å²) in [6, 6.07) is 0. The first kappa shape index (κ1) is 16.9. The van der Waals surface area contributed by atoms with E-state index in [4.69, 9.17) is 4.84 Å². The van der Waals surface area contributed by atoms with Crippen LogP contribution in [0.1, 0.15) is 47.0 Å². The highest BCUT2D eigenvalue weighted by Crippen LogP contribution is 2.38. The van der Waals surface area contributed by atoms with Crippen LogP contribution in [0.3, 0.4) is 0 Å². The van der Waals surface area contributed by atoms with Crippen molar-refractivity contribution >= 4 is 29.5 Å². The van der Waals surface area contributed by atoms with Crippen molar-refractivity contribution in [3.63, 3.8) is 0 Å². The van der Waals surface area contributed by atoms with Gasteiger partial charge >= 0.3 is 5.97 Å². The summed E-state index contributed by atoms with van der Waals surface area (Å²) in [6.45, 7) is 8.54. The van der Waals surface area contributed by atoms with Crippen molar-refractivity contribution in [1.29, 1.82) is 0 Å². The number of rotatable bonds is 4. The molecule has 0 atom stereocenters. The second kappa shape index (κ2) is 6.55. The van der Waals surface area contributed by atoms with Gasteiger partial charge in [-0.2, -0.15) is 0 Å². The van der Waals surface area contributed by atoms with Gasteiger partial charge in [-0.3, -0.25) is 0 Å². The van der Waals surface area contributed by atoms with Gasteiger partial charge in [-0.25, -0.2) is 4.79 Å². The van der Waals surface area contributed by atoms with Gasteiger partial charge in [0, 0.05) is 10.3 Å². The number of nitrogens with zero attached hydrogens (tertiary/aromatic N) is 1. The molecule has 1 rings (SSSR count). The third-order valence-corrected chi connectivity index (χ3v) is 5.54. The molecule has 1 fully saturated rings. The van der Waals surface area contributed by atoms with Gasteiger partial charge < -0.3 is 4.84 Å².